The third-order valence-electron chi connectivity index (χ3n) is 3.54. The van der Waals surface area contributed by atoms with Crippen LogP contribution in [0.1, 0.15) is 26.7 Å². The van der Waals surface area contributed by atoms with Gasteiger partial charge in [0.2, 0.25) is 15.9 Å². The summed E-state index contributed by atoms with van der Waals surface area (Å²) in [5, 5.41) is 6.01. The van der Waals surface area contributed by atoms with Crippen molar-refractivity contribution in [3.05, 3.63) is 0 Å². The van der Waals surface area contributed by atoms with Crippen molar-refractivity contribution < 1.29 is 13.2 Å². The van der Waals surface area contributed by atoms with E-state index in [2.05, 4.69) is 10.6 Å². The largest absolute Gasteiger partial charge is 0.353 e. The summed E-state index contributed by atoms with van der Waals surface area (Å²) < 4.78 is 26.1. The van der Waals surface area contributed by atoms with Crippen LogP contribution in [-0.2, 0) is 14.8 Å². The summed E-state index contributed by atoms with van der Waals surface area (Å²) >= 11 is 0. The van der Waals surface area contributed by atoms with Gasteiger partial charge in [0.05, 0.1) is 11.2 Å². The Kier molecular flexibility index (Phi) is 4.17. The van der Waals surface area contributed by atoms with Crippen LogP contribution in [0, 0.1) is 5.41 Å². The minimum atomic E-state index is -3.37. The number of sulfonamides is 1. The standard InChI is InChI=1S/C12H23N3O3S/c1-12(2,11(16)14-10-3-4-10)9-19(17,18)15-7-5-13-6-8-15/h10,13H,3-9H2,1-2H3,(H,14,16). The maximum atomic E-state index is 12.3. The highest BCUT2D eigenvalue weighted by Crippen LogP contribution is 2.25. The van der Waals surface area contributed by atoms with E-state index in [1.807, 2.05) is 0 Å². The van der Waals surface area contributed by atoms with Crippen molar-refractivity contribution in [1.82, 2.24) is 14.9 Å². The predicted octanol–water partition coefficient (Wildman–Crippen LogP) is -0.474. The molecule has 0 atom stereocenters. The lowest BCUT2D eigenvalue weighted by atomic mass is 9.95. The van der Waals surface area contributed by atoms with Crippen LogP contribution >= 0.6 is 0 Å². The Morgan fingerprint density at radius 1 is 1.32 bits per heavy atom. The molecule has 0 aromatic carbocycles. The van der Waals surface area contributed by atoms with Gasteiger partial charge in [0.1, 0.15) is 0 Å². The maximum absolute atomic E-state index is 12.3. The molecule has 0 radical (unpaired) electrons. The van der Waals surface area contributed by atoms with Crippen LogP contribution in [0.2, 0.25) is 0 Å². The van der Waals surface area contributed by atoms with Crippen LogP contribution in [0.25, 0.3) is 0 Å². The van der Waals surface area contributed by atoms with Crippen LogP contribution in [0.5, 0.6) is 0 Å². The molecule has 1 aliphatic carbocycles. The lowest BCUT2D eigenvalue weighted by Gasteiger charge is -2.30. The number of hydrogen-bond donors (Lipinski definition) is 2. The average Bonchev–Trinajstić information content (AvgIpc) is 3.13. The number of nitrogens with one attached hydrogen (secondary N) is 2. The van der Waals surface area contributed by atoms with E-state index in [1.165, 1.54) is 4.31 Å². The van der Waals surface area contributed by atoms with Gasteiger partial charge in [-0.1, -0.05) is 0 Å². The zero-order chi connectivity index (χ0) is 14.1. The molecule has 0 spiro atoms. The minimum absolute atomic E-state index is 0.126. The fourth-order valence-corrected chi connectivity index (χ4v) is 4.11. The first kappa shape index (κ1) is 14.7. The van der Waals surface area contributed by atoms with Crippen LogP contribution < -0.4 is 10.6 Å². The fraction of sp³-hybridized carbons (Fsp3) is 0.917. The van der Waals surface area contributed by atoms with Crippen molar-refractivity contribution in [2.45, 2.75) is 32.7 Å². The van der Waals surface area contributed by atoms with Crippen molar-refractivity contribution in [2.75, 3.05) is 31.9 Å². The molecule has 110 valence electrons. The highest BCUT2D eigenvalue weighted by Gasteiger charge is 2.38. The van der Waals surface area contributed by atoms with E-state index in [-0.39, 0.29) is 17.7 Å². The quantitative estimate of drug-likeness (QED) is 0.717. The number of carbonyl (C=O) groups excluding carboxylic acids is 1. The number of nitrogens with zero attached hydrogens (tertiary/aromatic N) is 1. The first-order chi connectivity index (χ1) is 8.81. The lowest BCUT2D eigenvalue weighted by molar-refractivity contribution is -0.128. The highest BCUT2D eigenvalue weighted by atomic mass is 32.2. The Morgan fingerprint density at radius 3 is 2.42 bits per heavy atom. The molecular formula is C12H23N3O3S. The summed E-state index contributed by atoms with van der Waals surface area (Å²) in [6.07, 6.45) is 2.01. The molecule has 2 aliphatic rings. The number of rotatable bonds is 5. The van der Waals surface area contributed by atoms with Crippen molar-refractivity contribution in [1.29, 1.82) is 0 Å². The van der Waals surface area contributed by atoms with Gasteiger partial charge in [-0.25, -0.2) is 8.42 Å². The molecule has 2 rings (SSSR count). The third kappa shape index (κ3) is 3.90. The average molecular weight is 289 g/mol. The maximum Gasteiger partial charge on any atom is 0.226 e. The zero-order valence-electron chi connectivity index (χ0n) is 11.6. The normalized spacial score (nSPS) is 22.2. The number of carbonyl (C=O) groups is 1. The molecule has 2 fully saturated rings. The van der Waals surface area contributed by atoms with Gasteiger partial charge < -0.3 is 10.6 Å². The molecule has 0 aromatic rings. The molecule has 6 nitrogen and oxygen atoms in total. The molecule has 0 bridgehead atoms. The van der Waals surface area contributed by atoms with Gasteiger partial charge in [0.25, 0.3) is 0 Å². The van der Waals surface area contributed by atoms with E-state index >= 15 is 0 Å². The van der Waals surface area contributed by atoms with Gasteiger partial charge in [0, 0.05) is 32.2 Å². The number of amides is 1. The Hall–Kier alpha value is -0.660. The molecule has 0 unspecified atom stereocenters. The molecule has 1 heterocycles. The fourth-order valence-electron chi connectivity index (χ4n) is 2.14. The lowest BCUT2D eigenvalue weighted by Crippen LogP contribution is -2.50. The Balaban J connectivity index is 1.98. The van der Waals surface area contributed by atoms with Crippen molar-refractivity contribution >= 4 is 15.9 Å². The zero-order valence-corrected chi connectivity index (χ0v) is 12.4. The summed E-state index contributed by atoms with van der Waals surface area (Å²) in [4.78, 5) is 12.1. The van der Waals surface area contributed by atoms with Crippen LogP contribution in [0.15, 0.2) is 0 Å². The third-order valence-corrected chi connectivity index (χ3v) is 5.78. The molecule has 19 heavy (non-hydrogen) atoms. The van der Waals surface area contributed by atoms with Gasteiger partial charge in [-0.15, -0.1) is 0 Å². The van der Waals surface area contributed by atoms with Gasteiger partial charge in [-0.2, -0.15) is 4.31 Å². The van der Waals surface area contributed by atoms with E-state index in [0.29, 0.717) is 26.2 Å². The molecule has 1 saturated heterocycles. The number of piperazine rings is 1. The molecule has 0 aromatic heterocycles. The molecule has 1 amide bonds. The topological polar surface area (TPSA) is 78.5 Å². The van der Waals surface area contributed by atoms with E-state index in [0.717, 1.165) is 12.8 Å². The predicted molar refractivity (Wildman–Crippen MR) is 73.2 cm³/mol. The van der Waals surface area contributed by atoms with E-state index in [9.17, 15) is 13.2 Å². The molecule has 1 aliphatic heterocycles. The molecule has 7 heteroatoms. The van der Waals surface area contributed by atoms with Gasteiger partial charge in [-0.05, 0) is 26.7 Å². The highest BCUT2D eigenvalue weighted by molar-refractivity contribution is 7.89. The molecular weight excluding hydrogens is 266 g/mol. The monoisotopic (exact) mass is 289 g/mol. The van der Waals surface area contributed by atoms with E-state index in [1.54, 1.807) is 13.8 Å². The minimum Gasteiger partial charge on any atom is -0.353 e. The Morgan fingerprint density at radius 2 is 1.89 bits per heavy atom. The number of hydrogen-bond acceptors (Lipinski definition) is 4. The molecule has 1 saturated carbocycles. The second-order valence-corrected chi connectivity index (χ2v) is 8.01. The van der Waals surface area contributed by atoms with E-state index < -0.39 is 15.4 Å². The first-order valence-corrected chi connectivity index (χ1v) is 8.42. The van der Waals surface area contributed by atoms with Gasteiger partial charge >= 0.3 is 0 Å². The summed E-state index contributed by atoms with van der Waals surface area (Å²) in [6, 6.07) is 0.258. The summed E-state index contributed by atoms with van der Waals surface area (Å²) in [7, 11) is -3.37. The SMILES string of the molecule is CC(C)(CS(=O)(=O)N1CCNCC1)C(=O)NC1CC1. The summed E-state index contributed by atoms with van der Waals surface area (Å²) in [5.74, 6) is -0.285. The van der Waals surface area contributed by atoms with Crippen molar-refractivity contribution in [3.8, 4) is 0 Å². The smallest absolute Gasteiger partial charge is 0.226 e. The van der Waals surface area contributed by atoms with Crippen molar-refractivity contribution in [3.63, 3.8) is 0 Å². The van der Waals surface area contributed by atoms with Crippen LogP contribution in [0.4, 0.5) is 0 Å². The second-order valence-electron chi connectivity index (χ2n) is 6.04. The van der Waals surface area contributed by atoms with Gasteiger partial charge in [-0.3, -0.25) is 4.79 Å². The van der Waals surface area contributed by atoms with Crippen molar-refractivity contribution in [2.24, 2.45) is 5.41 Å². The summed E-state index contributed by atoms with van der Waals surface area (Å²) in [6.45, 7) is 5.72. The summed E-state index contributed by atoms with van der Waals surface area (Å²) in [5.41, 5.74) is -0.883. The van der Waals surface area contributed by atoms with Crippen LogP contribution in [-0.4, -0.2) is 56.6 Å². The second kappa shape index (κ2) is 5.38. The van der Waals surface area contributed by atoms with Crippen LogP contribution in [0.3, 0.4) is 0 Å². The van der Waals surface area contributed by atoms with E-state index in [4.69, 9.17) is 0 Å². The molecule has 2 N–H and O–H groups in total. The first-order valence-electron chi connectivity index (χ1n) is 6.81. The Bertz CT molecular complexity index is 437. The van der Waals surface area contributed by atoms with Gasteiger partial charge in [0.15, 0.2) is 0 Å². The Labute approximate surface area is 115 Å².